The Morgan fingerprint density at radius 2 is 2.31 bits per heavy atom. The number of amides is 1. The van der Waals surface area contributed by atoms with E-state index in [4.69, 9.17) is 10.2 Å². The summed E-state index contributed by atoms with van der Waals surface area (Å²) in [5, 5.41) is 20.1. The summed E-state index contributed by atoms with van der Waals surface area (Å²) in [6.45, 7) is 0.249. The molecule has 13 heavy (non-hydrogen) atoms. The minimum Gasteiger partial charge on any atom is -0.480 e. The number of aliphatic hydroxyl groups excluding tert-OH is 1. The van der Waals surface area contributed by atoms with E-state index in [0.717, 1.165) is 0 Å². The van der Waals surface area contributed by atoms with Crippen LogP contribution in [0.2, 0.25) is 0 Å². The Balaban J connectivity index is 2.86. The van der Waals surface area contributed by atoms with E-state index < -0.39 is 17.3 Å². The third kappa shape index (κ3) is 1.65. The lowest BCUT2D eigenvalue weighted by Gasteiger charge is -2.31. The number of rotatable bonds is 3. The molecule has 1 fully saturated rings. The highest BCUT2D eigenvalue weighted by Gasteiger charge is 2.46. The Morgan fingerprint density at radius 3 is 2.77 bits per heavy atom. The molecule has 5 heteroatoms. The van der Waals surface area contributed by atoms with Gasteiger partial charge < -0.3 is 15.5 Å². The Bertz CT molecular complexity index is 224. The number of carboxylic acid groups (broad SMARTS) is 1. The van der Waals surface area contributed by atoms with Crippen LogP contribution in [0.4, 0.5) is 0 Å². The van der Waals surface area contributed by atoms with Crippen LogP contribution in [-0.4, -0.2) is 35.2 Å². The van der Waals surface area contributed by atoms with Crippen molar-refractivity contribution in [2.75, 3.05) is 13.2 Å². The van der Waals surface area contributed by atoms with E-state index in [-0.39, 0.29) is 13.0 Å². The number of nitrogens with one attached hydrogen (secondary N) is 1. The predicted octanol–water partition coefficient (Wildman–Crippen LogP) is -0.650. The molecule has 0 radical (unpaired) electrons. The van der Waals surface area contributed by atoms with E-state index in [9.17, 15) is 9.59 Å². The Hall–Kier alpha value is -1.10. The van der Waals surface area contributed by atoms with Gasteiger partial charge in [-0.05, 0) is 19.3 Å². The molecule has 0 spiro atoms. The Labute approximate surface area is 75.7 Å². The Kier molecular flexibility index (Phi) is 2.87. The fourth-order valence-electron chi connectivity index (χ4n) is 1.62. The number of carboxylic acids is 1. The molecule has 1 atom stereocenters. The van der Waals surface area contributed by atoms with E-state index >= 15 is 0 Å². The first-order valence-corrected chi connectivity index (χ1v) is 4.26. The van der Waals surface area contributed by atoms with Crippen LogP contribution >= 0.6 is 0 Å². The molecule has 0 bridgehead atoms. The molecule has 0 aliphatic carbocycles. The standard InChI is InChI=1S/C8H13NO4/c10-5-3-8(7(12)13)2-1-4-9-6(8)11/h10H,1-5H2,(H,9,11)(H,12,13)/t8-/m0/s1. The number of hydrogen-bond acceptors (Lipinski definition) is 3. The van der Waals surface area contributed by atoms with Crippen molar-refractivity contribution in [1.82, 2.24) is 5.32 Å². The first-order chi connectivity index (χ1) is 6.13. The highest BCUT2D eigenvalue weighted by Crippen LogP contribution is 2.31. The fraction of sp³-hybridized carbons (Fsp3) is 0.750. The van der Waals surface area contributed by atoms with E-state index in [0.29, 0.717) is 19.4 Å². The summed E-state index contributed by atoms with van der Waals surface area (Å²) in [6.07, 6.45) is 0.959. The molecule has 0 aromatic rings. The van der Waals surface area contributed by atoms with Gasteiger partial charge in [0.15, 0.2) is 0 Å². The van der Waals surface area contributed by atoms with E-state index in [1.165, 1.54) is 0 Å². The molecule has 1 aliphatic heterocycles. The summed E-state index contributed by atoms with van der Waals surface area (Å²) in [6, 6.07) is 0. The van der Waals surface area contributed by atoms with Crippen LogP contribution < -0.4 is 5.32 Å². The summed E-state index contributed by atoms with van der Waals surface area (Å²) in [7, 11) is 0. The van der Waals surface area contributed by atoms with Crippen molar-refractivity contribution in [3.63, 3.8) is 0 Å². The van der Waals surface area contributed by atoms with Gasteiger partial charge in [-0.2, -0.15) is 0 Å². The van der Waals surface area contributed by atoms with Gasteiger partial charge in [-0.15, -0.1) is 0 Å². The minimum absolute atomic E-state index is 0.00579. The van der Waals surface area contributed by atoms with Gasteiger partial charge in [0.25, 0.3) is 0 Å². The highest BCUT2D eigenvalue weighted by atomic mass is 16.4. The second-order valence-electron chi connectivity index (χ2n) is 3.22. The van der Waals surface area contributed by atoms with Crippen LogP contribution in [0.1, 0.15) is 19.3 Å². The van der Waals surface area contributed by atoms with Crippen LogP contribution in [0, 0.1) is 5.41 Å². The molecule has 0 saturated carbocycles. The summed E-state index contributed by atoms with van der Waals surface area (Å²) < 4.78 is 0. The molecule has 3 N–H and O–H groups in total. The maximum absolute atomic E-state index is 11.3. The molecule has 1 amide bonds. The van der Waals surface area contributed by atoms with E-state index in [1.807, 2.05) is 0 Å². The summed E-state index contributed by atoms with van der Waals surface area (Å²) in [4.78, 5) is 22.2. The smallest absolute Gasteiger partial charge is 0.319 e. The van der Waals surface area contributed by atoms with Gasteiger partial charge in [-0.1, -0.05) is 0 Å². The first kappa shape index (κ1) is 9.98. The van der Waals surface area contributed by atoms with Crippen LogP contribution in [0.25, 0.3) is 0 Å². The Morgan fingerprint density at radius 1 is 1.62 bits per heavy atom. The number of hydrogen-bond donors (Lipinski definition) is 3. The molecule has 5 nitrogen and oxygen atoms in total. The van der Waals surface area contributed by atoms with Crippen molar-refractivity contribution in [2.45, 2.75) is 19.3 Å². The molecule has 0 aromatic heterocycles. The van der Waals surface area contributed by atoms with Crippen LogP contribution in [0.15, 0.2) is 0 Å². The van der Waals surface area contributed by atoms with Crippen molar-refractivity contribution < 1.29 is 19.8 Å². The molecule has 1 saturated heterocycles. The number of piperidine rings is 1. The van der Waals surface area contributed by atoms with Gasteiger partial charge in [0.1, 0.15) is 5.41 Å². The molecule has 0 aromatic carbocycles. The monoisotopic (exact) mass is 187 g/mol. The maximum Gasteiger partial charge on any atom is 0.319 e. The molecule has 74 valence electrons. The molecule has 0 unspecified atom stereocenters. The molecule has 1 aliphatic rings. The first-order valence-electron chi connectivity index (χ1n) is 4.26. The van der Waals surface area contributed by atoms with Crippen molar-refractivity contribution in [2.24, 2.45) is 5.41 Å². The largest absolute Gasteiger partial charge is 0.480 e. The zero-order valence-corrected chi connectivity index (χ0v) is 7.25. The summed E-state index contributed by atoms with van der Waals surface area (Å²) in [5.74, 6) is -1.61. The zero-order chi connectivity index (χ0) is 9.90. The second kappa shape index (κ2) is 3.74. The minimum atomic E-state index is -1.40. The van der Waals surface area contributed by atoms with Gasteiger partial charge in [0.2, 0.25) is 5.91 Å². The number of aliphatic hydroxyl groups is 1. The average Bonchev–Trinajstić information content (AvgIpc) is 2.09. The van der Waals surface area contributed by atoms with Gasteiger partial charge in [0.05, 0.1) is 0 Å². The average molecular weight is 187 g/mol. The van der Waals surface area contributed by atoms with Crippen LogP contribution in [0.5, 0.6) is 0 Å². The molecule has 1 rings (SSSR count). The highest BCUT2D eigenvalue weighted by molar-refractivity contribution is 6.02. The van der Waals surface area contributed by atoms with Crippen molar-refractivity contribution >= 4 is 11.9 Å². The SMILES string of the molecule is O=C(O)[C@]1(CCO)CCCNC1=O. The normalized spacial score (nSPS) is 28.2. The maximum atomic E-state index is 11.3. The lowest BCUT2D eigenvalue weighted by atomic mass is 9.77. The van der Waals surface area contributed by atoms with Gasteiger partial charge >= 0.3 is 5.97 Å². The predicted molar refractivity (Wildman–Crippen MR) is 44.0 cm³/mol. The van der Waals surface area contributed by atoms with Gasteiger partial charge in [0, 0.05) is 13.2 Å². The topological polar surface area (TPSA) is 86.6 Å². The summed E-state index contributed by atoms with van der Waals surface area (Å²) in [5.41, 5.74) is -1.40. The van der Waals surface area contributed by atoms with Crippen LogP contribution in [-0.2, 0) is 9.59 Å². The molecular formula is C8H13NO4. The number of aliphatic carboxylic acids is 1. The van der Waals surface area contributed by atoms with E-state index in [1.54, 1.807) is 0 Å². The van der Waals surface area contributed by atoms with Crippen molar-refractivity contribution in [1.29, 1.82) is 0 Å². The van der Waals surface area contributed by atoms with Crippen molar-refractivity contribution in [3.05, 3.63) is 0 Å². The number of carbonyl (C=O) groups excluding carboxylic acids is 1. The second-order valence-corrected chi connectivity index (χ2v) is 3.22. The fourth-order valence-corrected chi connectivity index (χ4v) is 1.62. The van der Waals surface area contributed by atoms with Crippen molar-refractivity contribution in [3.8, 4) is 0 Å². The lowest BCUT2D eigenvalue weighted by Crippen LogP contribution is -2.51. The third-order valence-electron chi connectivity index (χ3n) is 2.45. The molecular weight excluding hydrogens is 174 g/mol. The lowest BCUT2D eigenvalue weighted by molar-refractivity contribution is -0.159. The summed E-state index contributed by atoms with van der Waals surface area (Å²) >= 11 is 0. The number of carbonyl (C=O) groups is 2. The third-order valence-corrected chi connectivity index (χ3v) is 2.45. The quantitative estimate of drug-likeness (QED) is 0.512. The zero-order valence-electron chi connectivity index (χ0n) is 7.25. The van der Waals surface area contributed by atoms with E-state index in [2.05, 4.69) is 5.32 Å². The van der Waals surface area contributed by atoms with Gasteiger partial charge in [-0.25, -0.2) is 0 Å². The van der Waals surface area contributed by atoms with Crippen LogP contribution in [0.3, 0.4) is 0 Å². The van der Waals surface area contributed by atoms with Gasteiger partial charge in [-0.3, -0.25) is 9.59 Å². The molecule has 1 heterocycles.